The third-order valence-electron chi connectivity index (χ3n) is 3.62. The quantitative estimate of drug-likeness (QED) is 0.584. The lowest BCUT2D eigenvalue weighted by molar-refractivity contribution is -0.119. The number of carbonyl (C=O) groups is 1. The van der Waals surface area contributed by atoms with Crippen molar-refractivity contribution < 1.29 is 4.79 Å². The molecule has 1 N–H and O–H groups in total. The second kappa shape index (κ2) is 8.49. The van der Waals surface area contributed by atoms with E-state index < -0.39 is 0 Å². The van der Waals surface area contributed by atoms with Crippen molar-refractivity contribution in [3.63, 3.8) is 0 Å². The highest BCUT2D eigenvalue weighted by Crippen LogP contribution is 2.21. The first-order valence-corrected chi connectivity index (χ1v) is 9.83. The number of rotatable bonds is 8. The van der Waals surface area contributed by atoms with Crippen molar-refractivity contribution >= 4 is 39.2 Å². The molecule has 2 aromatic heterocycles. The topological polar surface area (TPSA) is 64.0 Å². The second-order valence-electron chi connectivity index (χ2n) is 5.51. The molecule has 0 aliphatic rings. The number of hydrogen-bond donors (Lipinski definition) is 1. The van der Waals surface area contributed by atoms with Crippen molar-refractivity contribution in [1.29, 1.82) is 0 Å². The van der Waals surface area contributed by atoms with Gasteiger partial charge in [0.05, 0.1) is 11.3 Å². The zero-order valence-electron chi connectivity index (χ0n) is 13.8. The van der Waals surface area contributed by atoms with Crippen molar-refractivity contribution in [2.75, 3.05) is 5.75 Å². The van der Waals surface area contributed by atoms with Gasteiger partial charge in [-0.3, -0.25) is 14.2 Å². The van der Waals surface area contributed by atoms with Gasteiger partial charge in [0, 0.05) is 12.6 Å². The van der Waals surface area contributed by atoms with Crippen molar-refractivity contribution in [2.45, 2.75) is 57.8 Å². The van der Waals surface area contributed by atoms with E-state index in [1.165, 1.54) is 23.1 Å². The van der Waals surface area contributed by atoms with Gasteiger partial charge in [-0.25, -0.2) is 4.98 Å². The molecule has 23 heavy (non-hydrogen) atoms. The zero-order chi connectivity index (χ0) is 16.8. The first-order chi connectivity index (χ1) is 11.1. The molecule has 7 heteroatoms. The predicted octanol–water partition coefficient (Wildman–Crippen LogP) is 3.26. The Kier molecular flexibility index (Phi) is 6.65. The van der Waals surface area contributed by atoms with Gasteiger partial charge in [0.1, 0.15) is 4.70 Å². The fourth-order valence-electron chi connectivity index (χ4n) is 2.10. The Balaban J connectivity index is 2.20. The molecule has 0 aliphatic carbocycles. The molecule has 0 spiro atoms. The van der Waals surface area contributed by atoms with Crippen LogP contribution in [0.4, 0.5) is 0 Å². The highest BCUT2D eigenvalue weighted by atomic mass is 32.2. The van der Waals surface area contributed by atoms with Gasteiger partial charge in [-0.15, -0.1) is 11.3 Å². The van der Waals surface area contributed by atoms with Gasteiger partial charge < -0.3 is 5.32 Å². The van der Waals surface area contributed by atoms with E-state index in [-0.39, 0.29) is 23.3 Å². The van der Waals surface area contributed by atoms with Crippen LogP contribution in [0.15, 0.2) is 21.4 Å². The summed E-state index contributed by atoms with van der Waals surface area (Å²) in [5.41, 5.74) is 0.723. The van der Waals surface area contributed by atoms with E-state index in [4.69, 9.17) is 0 Å². The van der Waals surface area contributed by atoms with E-state index in [0.717, 1.165) is 24.8 Å². The van der Waals surface area contributed by atoms with Crippen LogP contribution in [0, 0.1) is 0 Å². The standard InChI is InChI=1S/C16H23N3O2S2/c1-4-6-8-19-15(21)14-12(7-9-22-14)18-16(19)23-10-13(20)17-11(3)5-2/h7,9,11H,4-6,8,10H2,1-3H3,(H,17,20). The van der Waals surface area contributed by atoms with Crippen molar-refractivity contribution in [3.8, 4) is 0 Å². The monoisotopic (exact) mass is 353 g/mol. The molecule has 0 aromatic carbocycles. The van der Waals surface area contributed by atoms with Crippen molar-refractivity contribution in [3.05, 3.63) is 21.8 Å². The number of carbonyl (C=O) groups excluding carboxylic acids is 1. The Morgan fingerprint density at radius 3 is 2.96 bits per heavy atom. The van der Waals surface area contributed by atoms with Gasteiger partial charge in [0.15, 0.2) is 5.16 Å². The molecule has 5 nitrogen and oxygen atoms in total. The summed E-state index contributed by atoms with van der Waals surface area (Å²) in [4.78, 5) is 29.1. The number of hydrogen-bond acceptors (Lipinski definition) is 5. The van der Waals surface area contributed by atoms with E-state index in [2.05, 4.69) is 17.2 Å². The highest BCUT2D eigenvalue weighted by molar-refractivity contribution is 7.99. The SMILES string of the molecule is CCCCn1c(SCC(=O)NC(C)CC)nc2ccsc2c1=O. The van der Waals surface area contributed by atoms with Crippen LogP contribution < -0.4 is 10.9 Å². The smallest absolute Gasteiger partial charge is 0.272 e. The van der Waals surface area contributed by atoms with E-state index in [1.807, 2.05) is 25.3 Å². The average Bonchev–Trinajstić information content (AvgIpc) is 3.00. The Bertz CT molecular complexity index is 724. The first kappa shape index (κ1) is 18.0. The maximum absolute atomic E-state index is 12.6. The molecular formula is C16H23N3O2S2. The number of nitrogens with one attached hydrogen (secondary N) is 1. The normalized spacial score (nSPS) is 12.5. The molecule has 0 radical (unpaired) electrons. The average molecular weight is 354 g/mol. The van der Waals surface area contributed by atoms with Gasteiger partial charge in [-0.05, 0) is 31.2 Å². The van der Waals surface area contributed by atoms with Crippen molar-refractivity contribution in [1.82, 2.24) is 14.9 Å². The zero-order valence-corrected chi connectivity index (χ0v) is 15.4. The van der Waals surface area contributed by atoms with E-state index in [9.17, 15) is 9.59 Å². The maximum Gasteiger partial charge on any atom is 0.272 e. The Hall–Kier alpha value is -1.34. The minimum Gasteiger partial charge on any atom is -0.353 e. The molecule has 2 rings (SSSR count). The number of unbranched alkanes of at least 4 members (excludes halogenated alkanes) is 1. The van der Waals surface area contributed by atoms with Crippen LogP contribution in [-0.2, 0) is 11.3 Å². The Morgan fingerprint density at radius 1 is 1.48 bits per heavy atom. The minimum atomic E-state index is -0.0222. The molecule has 0 saturated heterocycles. The molecule has 0 saturated carbocycles. The molecule has 126 valence electrons. The number of fused-ring (bicyclic) bond motifs is 1. The molecule has 1 amide bonds. The first-order valence-electron chi connectivity index (χ1n) is 7.97. The van der Waals surface area contributed by atoms with Gasteiger partial charge >= 0.3 is 0 Å². The minimum absolute atomic E-state index is 0.00304. The number of thioether (sulfide) groups is 1. The van der Waals surface area contributed by atoms with E-state index in [0.29, 0.717) is 16.4 Å². The summed E-state index contributed by atoms with van der Waals surface area (Å²) < 4.78 is 2.40. The van der Waals surface area contributed by atoms with E-state index >= 15 is 0 Å². The largest absolute Gasteiger partial charge is 0.353 e. The lowest BCUT2D eigenvalue weighted by Crippen LogP contribution is -2.33. The van der Waals surface area contributed by atoms with Crippen LogP contribution in [-0.4, -0.2) is 27.3 Å². The molecule has 0 bridgehead atoms. The summed E-state index contributed by atoms with van der Waals surface area (Å²) >= 11 is 2.76. The van der Waals surface area contributed by atoms with Crippen LogP contribution in [0.5, 0.6) is 0 Å². The number of aromatic nitrogens is 2. The van der Waals surface area contributed by atoms with Gasteiger partial charge in [-0.1, -0.05) is 32.0 Å². The summed E-state index contributed by atoms with van der Waals surface area (Å²) in [6, 6.07) is 2.02. The van der Waals surface area contributed by atoms with Gasteiger partial charge in [0.2, 0.25) is 5.91 Å². The summed E-state index contributed by atoms with van der Waals surface area (Å²) in [5, 5.41) is 5.45. The number of nitrogens with zero attached hydrogens (tertiary/aromatic N) is 2. The van der Waals surface area contributed by atoms with Crippen LogP contribution >= 0.6 is 23.1 Å². The third-order valence-corrected chi connectivity index (χ3v) is 5.49. The second-order valence-corrected chi connectivity index (χ2v) is 7.36. The molecule has 2 aromatic rings. The van der Waals surface area contributed by atoms with Gasteiger partial charge in [0.25, 0.3) is 5.56 Å². The summed E-state index contributed by atoms with van der Waals surface area (Å²) in [7, 11) is 0. The molecule has 0 aliphatic heterocycles. The number of thiophene rings is 1. The molecule has 1 unspecified atom stereocenters. The molecular weight excluding hydrogens is 330 g/mol. The fourth-order valence-corrected chi connectivity index (χ4v) is 3.71. The highest BCUT2D eigenvalue weighted by Gasteiger charge is 2.14. The lowest BCUT2D eigenvalue weighted by Gasteiger charge is -2.13. The summed E-state index contributed by atoms with van der Waals surface area (Å²) in [6.45, 7) is 6.75. The lowest BCUT2D eigenvalue weighted by atomic mass is 10.3. The number of amides is 1. The molecule has 1 atom stereocenters. The predicted molar refractivity (Wildman–Crippen MR) is 97.4 cm³/mol. The summed E-state index contributed by atoms with van der Waals surface area (Å²) in [5.74, 6) is 0.254. The van der Waals surface area contributed by atoms with Crippen LogP contribution in [0.3, 0.4) is 0 Å². The van der Waals surface area contributed by atoms with Crippen LogP contribution in [0.2, 0.25) is 0 Å². The maximum atomic E-state index is 12.6. The van der Waals surface area contributed by atoms with Crippen LogP contribution in [0.1, 0.15) is 40.0 Å². The Morgan fingerprint density at radius 2 is 2.26 bits per heavy atom. The van der Waals surface area contributed by atoms with E-state index in [1.54, 1.807) is 4.57 Å². The molecule has 2 heterocycles. The fraction of sp³-hybridized carbons (Fsp3) is 0.562. The van der Waals surface area contributed by atoms with Crippen LogP contribution in [0.25, 0.3) is 10.2 Å². The Labute approximate surface area is 144 Å². The summed E-state index contributed by atoms with van der Waals surface area (Å²) in [6.07, 6.45) is 2.83. The third kappa shape index (κ3) is 4.57. The van der Waals surface area contributed by atoms with Gasteiger partial charge in [-0.2, -0.15) is 0 Å². The van der Waals surface area contributed by atoms with Crippen molar-refractivity contribution in [2.24, 2.45) is 0 Å². The molecule has 0 fully saturated rings.